The van der Waals surface area contributed by atoms with Gasteiger partial charge in [-0.2, -0.15) is 0 Å². The van der Waals surface area contributed by atoms with Crippen molar-refractivity contribution in [2.75, 3.05) is 6.61 Å². The SMILES string of the molecule is Cc1ccc(C(=Cc2ccccc2)COC2CCCC2)cc1. The molecule has 3 rings (SSSR count). The van der Waals surface area contributed by atoms with Crippen LogP contribution in [-0.2, 0) is 4.74 Å². The van der Waals surface area contributed by atoms with E-state index in [1.165, 1.54) is 47.9 Å². The number of rotatable bonds is 5. The molecule has 0 spiro atoms. The largest absolute Gasteiger partial charge is 0.374 e. The Balaban J connectivity index is 1.81. The highest BCUT2D eigenvalue weighted by atomic mass is 16.5. The van der Waals surface area contributed by atoms with Crippen LogP contribution in [0.1, 0.15) is 42.4 Å². The van der Waals surface area contributed by atoms with Gasteiger partial charge in [-0.3, -0.25) is 0 Å². The molecule has 114 valence electrons. The standard InChI is InChI=1S/C21H24O/c1-17-11-13-19(14-12-17)20(15-18-7-3-2-4-8-18)16-22-21-9-5-6-10-21/h2-4,7-8,11-15,21H,5-6,9-10,16H2,1H3. The third kappa shape index (κ3) is 4.08. The van der Waals surface area contributed by atoms with Crippen LogP contribution in [0.4, 0.5) is 0 Å². The summed E-state index contributed by atoms with van der Waals surface area (Å²) < 4.78 is 6.15. The summed E-state index contributed by atoms with van der Waals surface area (Å²) >= 11 is 0. The summed E-state index contributed by atoms with van der Waals surface area (Å²) in [6, 6.07) is 19.2. The Hall–Kier alpha value is -1.86. The van der Waals surface area contributed by atoms with Gasteiger partial charge >= 0.3 is 0 Å². The van der Waals surface area contributed by atoms with Crippen LogP contribution in [0.5, 0.6) is 0 Å². The fourth-order valence-corrected chi connectivity index (χ4v) is 2.99. The molecule has 0 heterocycles. The number of aryl methyl sites for hydroxylation is 1. The van der Waals surface area contributed by atoms with E-state index in [4.69, 9.17) is 4.74 Å². The lowest BCUT2D eigenvalue weighted by Crippen LogP contribution is -2.09. The molecule has 0 N–H and O–H groups in total. The van der Waals surface area contributed by atoms with Crippen molar-refractivity contribution in [1.29, 1.82) is 0 Å². The molecule has 0 amide bonds. The van der Waals surface area contributed by atoms with Crippen molar-refractivity contribution in [2.24, 2.45) is 0 Å². The van der Waals surface area contributed by atoms with Gasteiger partial charge in [-0.25, -0.2) is 0 Å². The second-order valence-corrected chi connectivity index (χ2v) is 6.16. The predicted molar refractivity (Wildman–Crippen MR) is 93.7 cm³/mol. The summed E-state index contributed by atoms with van der Waals surface area (Å²) in [5.74, 6) is 0. The Bertz CT molecular complexity index is 604. The van der Waals surface area contributed by atoms with Crippen molar-refractivity contribution in [3.8, 4) is 0 Å². The molecule has 1 fully saturated rings. The topological polar surface area (TPSA) is 9.23 Å². The molecule has 0 bridgehead atoms. The maximum atomic E-state index is 6.15. The van der Waals surface area contributed by atoms with Crippen LogP contribution in [0.15, 0.2) is 54.6 Å². The van der Waals surface area contributed by atoms with Gasteiger partial charge in [0, 0.05) is 0 Å². The van der Waals surface area contributed by atoms with Gasteiger partial charge in [0.05, 0.1) is 12.7 Å². The summed E-state index contributed by atoms with van der Waals surface area (Å²) in [6.07, 6.45) is 7.75. The van der Waals surface area contributed by atoms with Gasteiger partial charge < -0.3 is 4.74 Å². The smallest absolute Gasteiger partial charge is 0.0726 e. The van der Waals surface area contributed by atoms with E-state index in [0.29, 0.717) is 12.7 Å². The van der Waals surface area contributed by atoms with Crippen LogP contribution in [0, 0.1) is 6.92 Å². The van der Waals surface area contributed by atoms with E-state index >= 15 is 0 Å². The number of ether oxygens (including phenoxy) is 1. The van der Waals surface area contributed by atoms with Crippen molar-refractivity contribution in [1.82, 2.24) is 0 Å². The Kier molecular flexibility index (Phi) is 5.07. The molecule has 22 heavy (non-hydrogen) atoms. The molecule has 0 aromatic heterocycles. The molecule has 0 radical (unpaired) electrons. The van der Waals surface area contributed by atoms with E-state index in [2.05, 4.69) is 67.6 Å². The second kappa shape index (κ2) is 7.42. The van der Waals surface area contributed by atoms with Crippen LogP contribution >= 0.6 is 0 Å². The van der Waals surface area contributed by atoms with Crippen LogP contribution < -0.4 is 0 Å². The quantitative estimate of drug-likeness (QED) is 0.662. The minimum Gasteiger partial charge on any atom is -0.374 e. The molecule has 0 aliphatic heterocycles. The van der Waals surface area contributed by atoms with Gasteiger partial charge in [0.15, 0.2) is 0 Å². The van der Waals surface area contributed by atoms with Crippen molar-refractivity contribution >= 4 is 11.6 Å². The maximum absolute atomic E-state index is 6.15. The van der Waals surface area contributed by atoms with E-state index in [0.717, 1.165) is 0 Å². The lowest BCUT2D eigenvalue weighted by molar-refractivity contribution is 0.0841. The lowest BCUT2D eigenvalue weighted by Gasteiger charge is -2.14. The highest BCUT2D eigenvalue weighted by Crippen LogP contribution is 2.25. The van der Waals surface area contributed by atoms with Gasteiger partial charge in [-0.05, 0) is 42.5 Å². The van der Waals surface area contributed by atoms with Gasteiger partial charge in [0.2, 0.25) is 0 Å². The third-order valence-electron chi connectivity index (χ3n) is 4.34. The van der Waals surface area contributed by atoms with Gasteiger partial charge in [0.25, 0.3) is 0 Å². The van der Waals surface area contributed by atoms with Crippen LogP contribution in [0.2, 0.25) is 0 Å². The van der Waals surface area contributed by atoms with Crippen LogP contribution in [0.3, 0.4) is 0 Å². The fourth-order valence-electron chi connectivity index (χ4n) is 2.99. The highest BCUT2D eigenvalue weighted by Gasteiger charge is 2.16. The average molecular weight is 292 g/mol. The third-order valence-corrected chi connectivity index (χ3v) is 4.34. The second-order valence-electron chi connectivity index (χ2n) is 6.16. The first-order chi connectivity index (χ1) is 10.8. The zero-order valence-electron chi connectivity index (χ0n) is 13.3. The molecule has 1 heteroatoms. The monoisotopic (exact) mass is 292 g/mol. The molecule has 2 aromatic rings. The van der Waals surface area contributed by atoms with Crippen molar-refractivity contribution < 1.29 is 4.74 Å². The first kappa shape index (κ1) is 15.1. The van der Waals surface area contributed by atoms with E-state index in [-0.39, 0.29) is 0 Å². The first-order valence-corrected chi connectivity index (χ1v) is 8.25. The first-order valence-electron chi connectivity index (χ1n) is 8.25. The normalized spacial score (nSPS) is 16.1. The Morgan fingerprint density at radius 3 is 2.36 bits per heavy atom. The number of hydrogen-bond donors (Lipinski definition) is 0. The molecular weight excluding hydrogens is 268 g/mol. The molecule has 1 aliphatic carbocycles. The minimum absolute atomic E-state index is 0.449. The van der Waals surface area contributed by atoms with Gasteiger partial charge in [0.1, 0.15) is 0 Å². The molecule has 2 aromatic carbocycles. The zero-order valence-corrected chi connectivity index (χ0v) is 13.3. The van der Waals surface area contributed by atoms with E-state index in [1.54, 1.807) is 0 Å². The molecule has 0 unspecified atom stereocenters. The maximum Gasteiger partial charge on any atom is 0.0726 e. The Labute approximate surface area is 133 Å². The molecule has 0 saturated heterocycles. The van der Waals surface area contributed by atoms with Crippen LogP contribution in [0.25, 0.3) is 11.6 Å². The highest BCUT2D eigenvalue weighted by molar-refractivity contribution is 5.82. The number of hydrogen-bond acceptors (Lipinski definition) is 1. The molecule has 1 saturated carbocycles. The predicted octanol–water partition coefficient (Wildman–Crippen LogP) is 5.49. The van der Waals surface area contributed by atoms with Crippen molar-refractivity contribution in [3.63, 3.8) is 0 Å². The summed E-state index contributed by atoms with van der Waals surface area (Å²) in [5, 5.41) is 0. The van der Waals surface area contributed by atoms with Gasteiger partial charge in [-0.1, -0.05) is 73.0 Å². The summed E-state index contributed by atoms with van der Waals surface area (Å²) in [7, 11) is 0. The average Bonchev–Trinajstić information content (AvgIpc) is 3.07. The van der Waals surface area contributed by atoms with Crippen molar-refractivity contribution in [3.05, 3.63) is 71.3 Å². The van der Waals surface area contributed by atoms with E-state index in [1.807, 2.05) is 0 Å². The van der Waals surface area contributed by atoms with E-state index < -0.39 is 0 Å². The summed E-state index contributed by atoms with van der Waals surface area (Å²) in [4.78, 5) is 0. The minimum atomic E-state index is 0.449. The fraction of sp³-hybridized carbons (Fsp3) is 0.333. The Morgan fingerprint density at radius 1 is 1.00 bits per heavy atom. The van der Waals surface area contributed by atoms with Crippen LogP contribution in [-0.4, -0.2) is 12.7 Å². The number of benzene rings is 2. The van der Waals surface area contributed by atoms with E-state index in [9.17, 15) is 0 Å². The molecule has 1 aliphatic rings. The van der Waals surface area contributed by atoms with Gasteiger partial charge in [-0.15, -0.1) is 0 Å². The molecule has 1 nitrogen and oxygen atoms in total. The molecular formula is C21H24O. The summed E-state index contributed by atoms with van der Waals surface area (Å²) in [5.41, 5.74) is 5.04. The molecule has 0 atom stereocenters. The summed E-state index contributed by atoms with van der Waals surface area (Å²) in [6.45, 7) is 2.82. The zero-order chi connectivity index (χ0) is 15.2. The van der Waals surface area contributed by atoms with Crippen molar-refractivity contribution in [2.45, 2.75) is 38.7 Å². The lowest BCUT2D eigenvalue weighted by atomic mass is 10.0. The Morgan fingerprint density at radius 2 is 1.68 bits per heavy atom.